The number of methoxy groups -OCH3 is 1. The van der Waals surface area contributed by atoms with Crippen molar-refractivity contribution in [1.29, 1.82) is 0 Å². The van der Waals surface area contributed by atoms with E-state index in [9.17, 15) is 9.59 Å². The number of amides is 1. The first-order valence-electron chi connectivity index (χ1n) is 6.42. The monoisotopic (exact) mass is 262 g/mol. The Balaban J connectivity index is 2.00. The lowest BCUT2D eigenvalue weighted by molar-refractivity contribution is -0.146. The second-order valence-electron chi connectivity index (χ2n) is 4.76. The molecular formula is C14H18N2O3. The highest BCUT2D eigenvalue weighted by Gasteiger charge is 2.29. The first-order valence-corrected chi connectivity index (χ1v) is 6.42. The van der Waals surface area contributed by atoms with Crippen LogP contribution in [0.15, 0.2) is 18.3 Å². The van der Waals surface area contributed by atoms with Crippen LogP contribution in [0.1, 0.15) is 28.9 Å². The van der Waals surface area contributed by atoms with Crippen LogP contribution < -0.4 is 0 Å². The molecule has 1 amide bonds. The topological polar surface area (TPSA) is 59.5 Å². The van der Waals surface area contributed by atoms with Crippen molar-refractivity contribution >= 4 is 11.9 Å². The second-order valence-corrected chi connectivity index (χ2v) is 4.76. The van der Waals surface area contributed by atoms with Crippen LogP contribution in [0.3, 0.4) is 0 Å². The lowest BCUT2D eigenvalue weighted by Crippen LogP contribution is -2.41. The predicted octanol–water partition coefficient (Wildman–Crippen LogP) is 1.42. The quantitative estimate of drug-likeness (QED) is 0.756. The Kier molecular flexibility index (Phi) is 4.14. The zero-order valence-corrected chi connectivity index (χ0v) is 11.3. The van der Waals surface area contributed by atoms with Gasteiger partial charge in [0.1, 0.15) is 5.69 Å². The third-order valence-electron chi connectivity index (χ3n) is 3.53. The average molecular weight is 262 g/mol. The van der Waals surface area contributed by atoms with Crippen molar-refractivity contribution < 1.29 is 14.3 Å². The van der Waals surface area contributed by atoms with E-state index in [0.717, 1.165) is 5.56 Å². The molecule has 0 radical (unpaired) electrons. The van der Waals surface area contributed by atoms with Gasteiger partial charge in [0.15, 0.2) is 0 Å². The van der Waals surface area contributed by atoms with Gasteiger partial charge < -0.3 is 9.64 Å². The Bertz CT molecular complexity index is 479. The van der Waals surface area contributed by atoms with E-state index < -0.39 is 0 Å². The number of pyridine rings is 1. The fourth-order valence-corrected chi connectivity index (χ4v) is 2.34. The van der Waals surface area contributed by atoms with Crippen LogP contribution in [-0.4, -0.2) is 42.0 Å². The number of carbonyl (C=O) groups is 2. The van der Waals surface area contributed by atoms with E-state index in [1.165, 1.54) is 7.11 Å². The number of hydrogen-bond donors (Lipinski definition) is 0. The number of rotatable bonds is 2. The van der Waals surface area contributed by atoms with Gasteiger partial charge in [-0.3, -0.25) is 14.6 Å². The zero-order chi connectivity index (χ0) is 13.8. The van der Waals surface area contributed by atoms with Gasteiger partial charge in [0.25, 0.3) is 5.91 Å². The Labute approximate surface area is 112 Å². The molecule has 0 spiro atoms. The summed E-state index contributed by atoms with van der Waals surface area (Å²) in [6.07, 6.45) is 2.94. The van der Waals surface area contributed by atoms with Gasteiger partial charge in [-0.1, -0.05) is 6.07 Å². The smallest absolute Gasteiger partial charge is 0.308 e. The Morgan fingerprint density at radius 3 is 2.63 bits per heavy atom. The van der Waals surface area contributed by atoms with E-state index in [2.05, 4.69) is 4.98 Å². The van der Waals surface area contributed by atoms with Gasteiger partial charge in [-0.2, -0.15) is 0 Å². The molecule has 1 fully saturated rings. The number of likely N-dealkylation sites (tertiary alicyclic amines) is 1. The van der Waals surface area contributed by atoms with Crippen molar-refractivity contribution in [1.82, 2.24) is 9.88 Å². The minimum absolute atomic E-state index is 0.0542. The van der Waals surface area contributed by atoms with Crippen LogP contribution in [0.25, 0.3) is 0 Å². The van der Waals surface area contributed by atoms with Gasteiger partial charge in [0.2, 0.25) is 0 Å². The number of esters is 1. The summed E-state index contributed by atoms with van der Waals surface area (Å²) in [4.78, 5) is 29.6. The minimum Gasteiger partial charge on any atom is -0.469 e. The predicted molar refractivity (Wildman–Crippen MR) is 69.6 cm³/mol. The van der Waals surface area contributed by atoms with Crippen LogP contribution in [-0.2, 0) is 9.53 Å². The van der Waals surface area contributed by atoms with Crippen LogP contribution >= 0.6 is 0 Å². The lowest BCUT2D eigenvalue weighted by atomic mass is 9.96. The molecule has 1 saturated heterocycles. The first-order chi connectivity index (χ1) is 9.13. The first kappa shape index (κ1) is 13.5. The molecule has 0 atom stereocenters. The maximum Gasteiger partial charge on any atom is 0.308 e. The summed E-state index contributed by atoms with van der Waals surface area (Å²) < 4.78 is 4.73. The third-order valence-corrected chi connectivity index (χ3v) is 3.53. The molecule has 2 rings (SSSR count). The number of nitrogens with zero attached hydrogens (tertiary/aromatic N) is 2. The molecule has 0 N–H and O–H groups in total. The highest BCUT2D eigenvalue weighted by molar-refractivity contribution is 5.93. The van der Waals surface area contributed by atoms with E-state index in [4.69, 9.17) is 4.74 Å². The molecule has 1 aliphatic heterocycles. The maximum atomic E-state index is 12.3. The molecule has 19 heavy (non-hydrogen) atoms. The summed E-state index contributed by atoms with van der Waals surface area (Å²) >= 11 is 0. The van der Waals surface area contributed by atoms with Gasteiger partial charge >= 0.3 is 5.97 Å². The fourth-order valence-electron chi connectivity index (χ4n) is 2.34. The van der Waals surface area contributed by atoms with Crippen LogP contribution in [0, 0.1) is 12.8 Å². The standard InChI is InChI=1S/C14H18N2O3/c1-10-4-3-7-15-12(10)13(17)16-8-5-11(6-9-16)14(18)19-2/h3-4,7,11H,5-6,8-9H2,1-2H3. The average Bonchev–Trinajstić information content (AvgIpc) is 2.46. The molecule has 0 saturated carbocycles. The molecule has 5 heteroatoms. The molecule has 1 aliphatic rings. The summed E-state index contributed by atoms with van der Waals surface area (Å²) in [5.74, 6) is -0.318. The van der Waals surface area contributed by atoms with E-state index in [1.807, 2.05) is 19.1 Å². The second kappa shape index (κ2) is 5.82. The normalized spacial score (nSPS) is 16.2. The molecule has 5 nitrogen and oxygen atoms in total. The SMILES string of the molecule is COC(=O)C1CCN(C(=O)c2ncccc2C)CC1. The number of piperidine rings is 1. The van der Waals surface area contributed by atoms with Crippen molar-refractivity contribution in [3.05, 3.63) is 29.6 Å². The molecule has 102 valence electrons. The molecule has 0 aromatic carbocycles. The zero-order valence-electron chi connectivity index (χ0n) is 11.3. The number of aromatic nitrogens is 1. The molecule has 0 unspecified atom stereocenters. The molecule has 1 aromatic rings. The van der Waals surface area contributed by atoms with Crippen molar-refractivity contribution in [2.45, 2.75) is 19.8 Å². The van der Waals surface area contributed by atoms with Crippen molar-refractivity contribution in [3.63, 3.8) is 0 Å². The van der Waals surface area contributed by atoms with Gasteiger partial charge in [0.05, 0.1) is 13.0 Å². The molecule has 0 aliphatic carbocycles. The number of ether oxygens (including phenoxy) is 1. The van der Waals surface area contributed by atoms with Crippen molar-refractivity contribution in [2.75, 3.05) is 20.2 Å². The summed E-state index contributed by atoms with van der Waals surface area (Å²) in [7, 11) is 1.40. The Morgan fingerprint density at radius 2 is 2.05 bits per heavy atom. The van der Waals surface area contributed by atoms with Crippen LogP contribution in [0.2, 0.25) is 0 Å². The van der Waals surface area contributed by atoms with Gasteiger partial charge in [-0.05, 0) is 31.4 Å². The molecule has 2 heterocycles. The van der Waals surface area contributed by atoms with Gasteiger partial charge in [-0.25, -0.2) is 0 Å². The van der Waals surface area contributed by atoms with Gasteiger partial charge in [0, 0.05) is 19.3 Å². The summed E-state index contributed by atoms with van der Waals surface area (Å²) in [6.45, 7) is 3.03. The number of hydrogen-bond acceptors (Lipinski definition) is 4. The summed E-state index contributed by atoms with van der Waals surface area (Å²) in [5, 5.41) is 0. The maximum absolute atomic E-state index is 12.3. The van der Waals surface area contributed by atoms with E-state index in [0.29, 0.717) is 31.6 Å². The van der Waals surface area contributed by atoms with Crippen LogP contribution in [0.5, 0.6) is 0 Å². The summed E-state index contributed by atoms with van der Waals surface area (Å²) in [6, 6.07) is 3.69. The van der Waals surface area contributed by atoms with Crippen molar-refractivity contribution in [3.8, 4) is 0 Å². The Morgan fingerprint density at radius 1 is 1.37 bits per heavy atom. The number of carbonyl (C=O) groups excluding carboxylic acids is 2. The Hall–Kier alpha value is -1.91. The third kappa shape index (κ3) is 2.92. The molecule has 0 bridgehead atoms. The fraction of sp³-hybridized carbons (Fsp3) is 0.500. The highest BCUT2D eigenvalue weighted by atomic mass is 16.5. The lowest BCUT2D eigenvalue weighted by Gasteiger charge is -2.30. The number of aryl methyl sites for hydroxylation is 1. The molecular weight excluding hydrogens is 244 g/mol. The van der Waals surface area contributed by atoms with Crippen molar-refractivity contribution in [2.24, 2.45) is 5.92 Å². The molecule has 1 aromatic heterocycles. The van der Waals surface area contributed by atoms with E-state index in [1.54, 1.807) is 11.1 Å². The van der Waals surface area contributed by atoms with E-state index in [-0.39, 0.29) is 17.8 Å². The summed E-state index contributed by atoms with van der Waals surface area (Å²) in [5.41, 5.74) is 1.38. The largest absolute Gasteiger partial charge is 0.469 e. The highest BCUT2D eigenvalue weighted by Crippen LogP contribution is 2.20. The van der Waals surface area contributed by atoms with Crippen LogP contribution in [0.4, 0.5) is 0 Å². The van der Waals surface area contributed by atoms with E-state index >= 15 is 0 Å². The minimum atomic E-state index is -0.180. The van der Waals surface area contributed by atoms with Gasteiger partial charge in [-0.15, -0.1) is 0 Å².